The lowest BCUT2D eigenvalue weighted by Gasteiger charge is -2.11. The first kappa shape index (κ1) is 16.5. The minimum atomic E-state index is -0.755. The van der Waals surface area contributed by atoms with Crippen molar-refractivity contribution in [3.63, 3.8) is 0 Å². The van der Waals surface area contributed by atoms with Crippen LogP contribution in [0.15, 0.2) is 70.8 Å². The number of amides is 1. The van der Waals surface area contributed by atoms with Crippen LogP contribution in [0.2, 0.25) is 0 Å². The van der Waals surface area contributed by atoms with Crippen molar-refractivity contribution < 1.29 is 4.79 Å². The highest BCUT2D eigenvalue weighted by molar-refractivity contribution is 5.97. The molecule has 134 valence electrons. The largest absolute Gasteiger partial charge is 0.348 e. The Morgan fingerprint density at radius 2 is 1.81 bits per heavy atom. The molecule has 27 heavy (non-hydrogen) atoms. The molecule has 0 aliphatic carbocycles. The summed E-state index contributed by atoms with van der Waals surface area (Å²) in [4.78, 5) is 44.3. The van der Waals surface area contributed by atoms with Crippen molar-refractivity contribution >= 4 is 16.9 Å². The van der Waals surface area contributed by atoms with E-state index < -0.39 is 11.1 Å². The van der Waals surface area contributed by atoms with E-state index in [1.54, 1.807) is 24.7 Å². The maximum atomic E-state index is 12.5. The number of hydrogen-bond acceptors (Lipinski definition) is 4. The molecule has 8 heteroatoms. The Morgan fingerprint density at radius 1 is 1.04 bits per heavy atom. The number of hydrogen-bond donors (Lipinski definition) is 3. The number of H-pyrrole nitrogens is 2. The highest BCUT2D eigenvalue weighted by atomic mass is 16.2. The van der Waals surface area contributed by atoms with Crippen molar-refractivity contribution in [2.45, 2.75) is 6.54 Å². The Morgan fingerprint density at radius 3 is 2.59 bits per heavy atom. The van der Waals surface area contributed by atoms with Gasteiger partial charge in [0.05, 0.1) is 23.0 Å². The number of aromatic amines is 2. The average Bonchev–Trinajstić information content (AvgIpc) is 3.21. The molecular formula is C19H15N5O3. The molecular weight excluding hydrogens is 346 g/mol. The van der Waals surface area contributed by atoms with Crippen molar-refractivity contribution in [3.05, 3.63) is 93.0 Å². The zero-order chi connectivity index (χ0) is 18.8. The Kier molecular flexibility index (Phi) is 4.13. The number of nitrogens with one attached hydrogen (secondary N) is 3. The van der Waals surface area contributed by atoms with Gasteiger partial charge in [0.25, 0.3) is 5.91 Å². The molecule has 0 fully saturated rings. The first-order valence-electron chi connectivity index (χ1n) is 8.22. The number of aromatic nitrogens is 4. The van der Waals surface area contributed by atoms with Crippen LogP contribution >= 0.6 is 0 Å². The second-order valence-corrected chi connectivity index (χ2v) is 5.95. The molecule has 0 unspecified atom stereocenters. The number of carbonyl (C=O) groups is 1. The minimum Gasteiger partial charge on any atom is -0.348 e. The molecule has 0 bridgehead atoms. The maximum absolute atomic E-state index is 12.5. The summed E-state index contributed by atoms with van der Waals surface area (Å²) in [5, 5.41) is 2.87. The van der Waals surface area contributed by atoms with E-state index in [4.69, 9.17) is 0 Å². The van der Waals surface area contributed by atoms with E-state index in [0.29, 0.717) is 23.1 Å². The maximum Gasteiger partial charge on any atom is 0.314 e. The van der Waals surface area contributed by atoms with Gasteiger partial charge in [-0.25, -0.2) is 4.98 Å². The van der Waals surface area contributed by atoms with E-state index in [9.17, 15) is 14.4 Å². The molecule has 0 saturated carbocycles. The normalized spacial score (nSPS) is 10.8. The molecule has 2 aromatic heterocycles. The number of benzene rings is 2. The van der Waals surface area contributed by atoms with Crippen LogP contribution in [0.3, 0.4) is 0 Å². The molecule has 1 amide bonds. The minimum absolute atomic E-state index is 0.288. The smallest absolute Gasteiger partial charge is 0.314 e. The van der Waals surface area contributed by atoms with Crippen LogP contribution in [0, 0.1) is 0 Å². The fourth-order valence-corrected chi connectivity index (χ4v) is 2.85. The van der Waals surface area contributed by atoms with Gasteiger partial charge in [-0.3, -0.25) is 14.4 Å². The van der Waals surface area contributed by atoms with Crippen molar-refractivity contribution in [3.8, 4) is 5.69 Å². The molecule has 3 N–H and O–H groups in total. The van der Waals surface area contributed by atoms with E-state index in [1.165, 1.54) is 6.07 Å². The predicted molar refractivity (Wildman–Crippen MR) is 99.9 cm³/mol. The van der Waals surface area contributed by atoms with Gasteiger partial charge < -0.3 is 19.9 Å². The number of nitrogens with zero attached hydrogens (tertiary/aromatic N) is 2. The van der Waals surface area contributed by atoms with Gasteiger partial charge in [-0.1, -0.05) is 18.2 Å². The second-order valence-electron chi connectivity index (χ2n) is 5.95. The summed E-state index contributed by atoms with van der Waals surface area (Å²) < 4.78 is 1.87. The zero-order valence-electron chi connectivity index (χ0n) is 14.1. The average molecular weight is 361 g/mol. The van der Waals surface area contributed by atoms with Crippen LogP contribution < -0.4 is 16.4 Å². The Labute approximate surface area is 152 Å². The Hall–Kier alpha value is -3.94. The topological polar surface area (TPSA) is 113 Å². The van der Waals surface area contributed by atoms with Crippen LogP contribution in [-0.4, -0.2) is 25.4 Å². The molecule has 0 aliphatic rings. The van der Waals surface area contributed by atoms with Crippen LogP contribution in [0.1, 0.15) is 15.9 Å². The van der Waals surface area contributed by atoms with Gasteiger partial charge >= 0.3 is 11.1 Å². The number of rotatable bonds is 4. The van der Waals surface area contributed by atoms with Crippen molar-refractivity contribution in [2.75, 3.05) is 0 Å². The second kappa shape index (κ2) is 6.75. The molecule has 2 aromatic carbocycles. The van der Waals surface area contributed by atoms with Crippen molar-refractivity contribution in [1.82, 2.24) is 24.8 Å². The molecule has 8 nitrogen and oxygen atoms in total. The van der Waals surface area contributed by atoms with Gasteiger partial charge in [0.15, 0.2) is 0 Å². The number of imidazole rings is 1. The summed E-state index contributed by atoms with van der Waals surface area (Å²) in [6.07, 6.45) is 5.22. The van der Waals surface area contributed by atoms with E-state index in [-0.39, 0.29) is 5.91 Å². The quantitative estimate of drug-likeness (QED) is 0.476. The molecule has 4 rings (SSSR count). The Bertz CT molecular complexity index is 1240. The van der Waals surface area contributed by atoms with Crippen LogP contribution in [0.4, 0.5) is 0 Å². The van der Waals surface area contributed by atoms with Crippen molar-refractivity contribution in [1.29, 1.82) is 0 Å². The zero-order valence-corrected chi connectivity index (χ0v) is 14.1. The molecule has 0 aliphatic heterocycles. The first-order chi connectivity index (χ1) is 13.1. The summed E-state index contributed by atoms with van der Waals surface area (Å²) in [7, 11) is 0. The standard InChI is InChI=1S/C19H15N5O3/c25-17(12-5-6-14-15(9-12)23-19(27)18(26)22-14)21-10-13-3-1-2-4-16(13)24-8-7-20-11-24/h1-9,11H,10H2,(H,21,25)(H,22,26)(H,23,27). The summed E-state index contributed by atoms with van der Waals surface area (Å²) in [6, 6.07) is 12.4. The number of carbonyl (C=O) groups excluding carboxylic acids is 1. The van der Waals surface area contributed by atoms with Crippen LogP contribution in [0.5, 0.6) is 0 Å². The van der Waals surface area contributed by atoms with E-state index in [0.717, 1.165) is 11.3 Å². The van der Waals surface area contributed by atoms with Gasteiger partial charge in [-0.05, 0) is 29.8 Å². The fourth-order valence-electron chi connectivity index (χ4n) is 2.85. The summed E-state index contributed by atoms with van der Waals surface area (Å²) in [5.41, 5.74) is 1.61. The van der Waals surface area contributed by atoms with Crippen LogP contribution in [0.25, 0.3) is 16.7 Å². The summed E-state index contributed by atoms with van der Waals surface area (Å²) >= 11 is 0. The van der Waals surface area contributed by atoms with Gasteiger partial charge in [0.2, 0.25) is 0 Å². The third-order valence-electron chi connectivity index (χ3n) is 4.20. The van der Waals surface area contributed by atoms with E-state index in [1.807, 2.05) is 35.0 Å². The summed E-state index contributed by atoms with van der Waals surface area (Å²) in [5.74, 6) is -0.288. The molecule has 0 spiro atoms. The lowest BCUT2D eigenvalue weighted by atomic mass is 10.1. The van der Waals surface area contributed by atoms with E-state index >= 15 is 0 Å². The third-order valence-corrected chi connectivity index (χ3v) is 4.20. The lowest BCUT2D eigenvalue weighted by Crippen LogP contribution is -2.29. The highest BCUT2D eigenvalue weighted by Gasteiger charge is 2.10. The predicted octanol–water partition coefficient (Wildman–Crippen LogP) is 1.33. The SMILES string of the molecule is O=C(NCc1ccccc1-n1ccnc1)c1ccc2[nH]c(=O)c(=O)[nH]c2c1. The summed E-state index contributed by atoms with van der Waals surface area (Å²) in [6.45, 7) is 0.327. The lowest BCUT2D eigenvalue weighted by molar-refractivity contribution is 0.0951. The fraction of sp³-hybridized carbons (Fsp3) is 0.0526. The highest BCUT2D eigenvalue weighted by Crippen LogP contribution is 2.14. The van der Waals surface area contributed by atoms with Crippen molar-refractivity contribution in [2.24, 2.45) is 0 Å². The van der Waals surface area contributed by atoms with Crippen LogP contribution in [-0.2, 0) is 6.54 Å². The van der Waals surface area contributed by atoms with Gasteiger partial charge in [0.1, 0.15) is 0 Å². The van der Waals surface area contributed by atoms with Gasteiger partial charge in [0, 0.05) is 24.5 Å². The third kappa shape index (κ3) is 3.28. The molecule has 2 heterocycles. The number of para-hydroxylation sites is 1. The molecule has 4 aromatic rings. The first-order valence-corrected chi connectivity index (χ1v) is 8.22. The Balaban J connectivity index is 1.57. The number of fused-ring (bicyclic) bond motifs is 1. The molecule has 0 saturated heterocycles. The molecule has 0 atom stereocenters. The monoisotopic (exact) mass is 361 g/mol. The van der Waals surface area contributed by atoms with Gasteiger partial charge in [-0.2, -0.15) is 0 Å². The molecule has 0 radical (unpaired) electrons. The van der Waals surface area contributed by atoms with Gasteiger partial charge in [-0.15, -0.1) is 0 Å². The van der Waals surface area contributed by atoms with E-state index in [2.05, 4.69) is 20.3 Å².